The fourth-order valence-electron chi connectivity index (χ4n) is 2.86. The van der Waals surface area contributed by atoms with Crippen LogP contribution in [0.4, 0.5) is 0 Å². The van der Waals surface area contributed by atoms with Gasteiger partial charge in [-0.15, -0.1) is 0 Å². The van der Waals surface area contributed by atoms with Crippen molar-refractivity contribution in [2.75, 3.05) is 6.54 Å². The van der Waals surface area contributed by atoms with Gasteiger partial charge in [-0.2, -0.15) is 0 Å². The first-order valence-corrected chi connectivity index (χ1v) is 5.98. The molecule has 1 nitrogen and oxygen atoms in total. The second kappa shape index (κ2) is 3.97. The topological polar surface area (TPSA) is 12.0 Å². The molecule has 1 aromatic rings. The highest BCUT2D eigenvalue weighted by Gasteiger charge is 2.25. The van der Waals surface area contributed by atoms with Crippen LogP contribution in [0.2, 0.25) is 0 Å². The van der Waals surface area contributed by atoms with E-state index in [4.69, 9.17) is 0 Å². The summed E-state index contributed by atoms with van der Waals surface area (Å²) in [6.45, 7) is 10.00. The fourth-order valence-corrected chi connectivity index (χ4v) is 2.86. The monoisotopic (exact) mass is 203 g/mol. The van der Waals surface area contributed by atoms with Gasteiger partial charge >= 0.3 is 0 Å². The van der Waals surface area contributed by atoms with Crippen LogP contribution in [0.5, 0.6) is 0 Å². The van der Waals surface area contributed by atoms with Gasteiger partial charge in [-0.25, -0.2) is 0 Å². The van der Waals surface area contributed by atoms with Crippen molar-refractivity contribution in [1.82, 2.24) is 5.32 Å². The van der Waals surface area contributed by atoms with Crippen LogP contribution >= 0.6 is 0 Å². The van der Waals surface area contributed by atoms with Crippen molar-refractivity contribution >= 4 is 0 Å². The van der Waals surface area contributed by atoms with E-state index >= 15 is 0 Å². The number of benzene rings is 1. The van der Waals surface area contributed by atoms with Gasteiger partial charge in [0.05, 0.1) is 0 Å². The number of hydrogen-bond acceptors (Lipinski definition) is 1. The van der Waals surface area contributed by atoms with Gasteiger partial charge in [0.15, 0.2) is 0 Å². The van der Waals surface area contributed by atoms with Crippen molar-refractivity contribution in [2.45, 2.75) is 46.6 Å². The van der Waals surface area contributed by atoms with Crippen LogP contribution < -0.4 is 5.32 Å². The molecule has 0 aromatic heterocycles. The standard InChI is InChI=1S/C14H21N/c1-5-15-13-7-6-12-10(3)8-9(2)11(4)14(12)13/h8,13,15H,5-7H2,1-4H3. The van der Waals surface area contributed by atoms with Gasteiger partial charge in [0, 0.05) is 6.04 Å². The lowest BCUT2D eigenvalue weighted by molar-refractivity contribution is 0.547. The smallest absolute Gasteiger partial charge is 0.0328 e. The van der Waals surface area contributed by atoms with E-state index in [0.717, 1.165) is 6.54 Å². The normalized spacial score (nSPS) is 19.3. The summed E-state index contributed by atoms with van der Waals surface area (Å²) >= 11 is 0. The minimum Gasteiger partial charge on any atom is -0.310 e. The third-order valence-corrected chi connectivity index (χ3v) is 3.71. The molecule has 1 aromatic carbocycles. The maximum Gasteiger partial charge on any atom is 0.0328 e. The number of rotatable bonds is 2. The van der Waals surface area contributed by atoms with Crippen LogP contribution in [0, 0.1) is 20.8 Å². The van der Waals surface area contributed by atoms with Crippen molar-refractivity contribution in [3.63, 3.8) is 0 Å². The van der Waals surface area contributed by atoms with Gasteiger partial charge in [-0.3, -0.25) is 0 Å². The molecule has 1 aliphatic carbocycles. The SMILES string of the molecule is CCNC1CCc2c(C)cc(C)c(C)c21. The lowest BCUT2D eigenvalue weighted by Crippen LogP contribution is -2.19. The molecule has 1 aliphatic rings. The van der Waals surface area contributed by atoms with Crippen LogP contribution in [0.15, 0.2) is 6.07 Å². The van der Waals surface area contributed by atoms with Crippen LogP contribution in [-0.4, -0.2) is 6.54 Å². The quantitative estimate of drug-likeness (QED) is 0.778. The summed E-state index contributed by atoms with van der Waals surface area (Å²) in [7, 11) is 0. The third-order valence-electron chi connectivity index (χ3n) is 3.71. The molecule has 0 aliphatic heterocycles. The van der Waals surface area contributed by atoms with E-state index in [1.54, 1.807) is 11.1 Å². The first kappa shape index (κ1) is 10.7. The zero-order chi connectivity index (χ0) is 11.0. The summed E-state index contributed by atoms with van der Waals surface area (Å²) in [6, 6.07) is 2.94. The van der Waals surface area contributed by atoms with E-state index in [0.29, 0.717) is 6.04 Å². The number of hydrogen-bond donors (Lipinski definition) is 1. The minimum atomic E-state index is 0.601. The Morgan fingerprint density at radius 2 is 2.00 bits per heavy atom. The predicted octanol–water partition coefficient (Wildman–Crippen LogP) is 3.21. The molecule has 82 valence electrons. The van der Waals surface area contributed by atoms with E-state index in [1.807, 2.05) is 0 Å². The average Bonchev–Trinajstić information content (AvgIpc) is 2.60. The maximum atomic E-state index is 3.60. The number of aryl methyl sites for hydroxylation is 2. The van der Waals surface area contributed by atoms with E-state index < -0.39 is 0 Å². The van der Waals surface area contributed by atoms with Crippen molar-refractivity contribution in [3.8, 4) is 0 Å². The molecular formula is C14H21N. The van der Waals surface area contributed by atoms with Crippen LogP contribution in [0.25, 0.3) is 0 Å². The van der Waals surface area contributed by atoms with Crippen LogP contribution in [0.1, 0.15) is 47.2 Å². The molecule has 1 heteroatoms. The summed E-state index contributed by atoms with van der Waals surface area (Å²) in [5.41, 5.74) is 7.61. The molecule has 0 saturated heterocycles. The lowest BCUT2D eigenvalue weighted by Gasteiger charge is -2.17. The molecular weight excluding hydrogens is 182 g/mol. The first-order chi connectivity index (χ1) is 7.15. The molecule has 2 rings (SSSR count). The van der Waals surface area contributed by atoms with E-state index in [9.17, 15) is 0 Å². The minimum absolute atomic E-state index is 0.601. The highest BCUT2D eigenvalue weighted by Crippen LogP contribution is 2.36. The third kappa shape index (κ3) is 1.69. The Morgan fingerprint density at radius 1 is 1.27 bits per heavy atom. The summed E-state index contributed by atoms with van der Waals surface area (Å²) in [5, 5.41) is 3.60. The molecule has 0 saturated carbocycles. The zero-order valence-corrected chi connectivity index (χ0v) is 10.3. The Labute approximate surface area is 92.9 Å². The Bertz CT molecular complexity index is 379. The zero-order valence-electron chi connectivity index (χ0n) is 10.3. The number of nitrogens with one attached hydrogen (secondary N) is 1. The largest absolute Gasteiger partial charge is 0.310 e. The number of fused-ring (bicyclic) bond motifs is 1. The molecule has 1 N–H and O–H groups in total. The van der Waals surface area contributed by atoms with Gasteiger partial charge in [0.2, 0.25) is 0 Å². The Morgan fingerprint density at radius 3 is 2.67 bits per heavy atom. The molecule has 0 heterocycles. The van der Waals surface area contributed by atoms with E-state index in [2.05, 4.69) is 39.1 Å². The molecule has 0 radical (unpaired) electrons. The second-order valence-electron chi connectivity index (χ2n) is 4.68. The van der Waals surface area contributed by atoms with Gasteiger partial charge in [0.25, 0.3) is 0 Å². The second-order valence-corrected chi connectivity index (χ2v) is 4.68. The lowest BCUT2D eigenvalue weighted by atomic mass is 9.94. The molecule has 1 unspecified atom stereocenters. The molecule has 15 heavy (non-hydrogen) atoms. The Balaban J connectivity index is 2.50. The van der Waals surface area contributed by atoms with Crippen molar-refractivity contribution < 1.29 is 0 Å². The molecule has 0 bridgehead atoms. The molecule has 0 amide bonds. The van der Waals surface area contributed by atoms with Gasteiger partial charge < -0.3 is 5.32 Å². The summed E-state index contributed by atoms with van der Waals surface area (Å²) < 4.78 is 0. The van der Waals surface area contributed by atoms with Gasteiger partial charge in [-0.1, -0.05) is 13.0 Å². The summed E-state index contributed by atoms with van der Waals surface area (Å²) in [4.78, 5) is 0. The first-order valence-electron chi connectivity index (χ1n) is 5.98. The fraction of sp³-hybridized carbons (Fsp3) is 0.571. The highest BCUT2D eigenvalue weighted by atomic mass is 14.9. The Kier molecular flexibility index (Phi) is 2.83. The van der Waals surface area contributed by atoms with Crippen LogP contribution in [-0.2, 0) is 6.42 Å². The summed E-state index contributed by atoms with van der Waals surface area (Å²) in [5.74, 6) is 0. The molecule has 0 spiro atoms. The van der Waals surface area contributed by atoms with Crippen molar-refractivity contribution in [1.29, 1.82) is 0 Å². The Hall–Kier alpha value is -0.820. The summed E-state index contributed by atoms with van der Waals surface area (Å²) in [6.07, 6.45) is 2.52. The maximum absolute atomic E-state index is 3.60. The van der Waals surface area contributed by atoms with Crippen molar-refractivity contribution in [3.05, 3.63) is 33.9 Å². The highest BCUT2D eigenvalue weighted by molar-refractivity contribution is 5.49. The van der Waals surface area contributed by atoms with Gasteiger partial charge in [0.1, 0.15) is 0 Å². The van der Waals surface area contributed by atoms with Crippen LogP contribution in [0.3, 0.4) is 0 Å². The molecule has 0 fully saturated rings. The van der Waals surface area contributed by atoms with E-state index in [-0.39, 0.29) is 0 Å². The average molecular weight is 203 g/mol. The van der Waals surface area contributed by atoms with E-state index in [1.165, 1.54) is 29.5 Å². The molecule has 1 atom stereocenters. The van der Waals surface area contributed by atoms with Crippen molar-refractivity contribution in [2.24, 2.45) is 0 Å². The predicted molar refractivity (Wildman–Crippen MR) is 65.4 cm³/mol. The van der Waals surface area contributed by atoms with Gasteiger partial charge in [-0.05, 0) is 68.0 Å².